The molecule has 2 aromatic carbocycles. The van der Waals surface area contributed by atoms with E-state index in [0.717, 1.165) is 0 Å². The van der Waals surface area contributed by atoms with Crippen LogP contribution in [0.5, 0.6) is 11.5 Å². The van der Waals surface area contributed by atoms with Gasteiger partial charge < -0.3 is 9.84 Å². The van der Waals surface area contributed by atoms with Crippen LogP contribution in [0.25, 0.3) is 6.08 Å². The van der Waals surface area contributed by atoms with Gasteiger partial charge >= 0.3 is 0 Å². The third-order valence-corrected chi connectivity index (χ3v) is 4.00. The summed E-state index contributed by atoms with van der Waals surface area (Å²) in [4.78, 5) is 26.4. The lowest BCUT2D eigenvalue weighted by molar-refractivity contribution is -0.122. The SMILES string of the molecule is CCOc1cc(/C=C2/C(=O)NC(=S)N(c3ccccc3)C2=O)ccc1O. The van der Waals surface area contributed by atoms with E-state index in [9.17, 15) is 14.7 Å². The van der Waals surface area contributed by atoms with Crippen LogP contribution in [0.15, 0.2) is 54.1 Å². The van der Waals surface area contributed by atoms with Crippen LogP contribution in [-0.4, -0.2) is 28.6 Å². The maximum atomic E-state index is 12.9. The predicted molar refractivity (Wildman–Crippen MR) is 102 cm³/mol. The first-order valence-electron chi connectivity index (χ1n) is 7.93. The lowest BCUT2D eigenvalue weighted by atomic mass is 10.1. The van der Waals surface area contributed by atoms with E-state index in [1.807, 2.05) is 6.07 Å². The van der Waals surface area contributed by atoms with E-state index in [1.54, 1.807) is 43.3 Å². The fourth-order valence-electron chi connectivity index (χ4n) is 2.53. The zero-order chi connectivity index (χ0) is 18.7. The highest BCUT2D eigenvalue weighted by Gasteiger charge is 2.34. The second-order valence-corrected chi connectivity index (χ2v) is 5.84. The molecule has 2 N–H and O–H groups in total. The molecular weight excluding hydrogens is 352 g/mol. The Morgan fingerprint density at radius 1 is 1.19 bits per heavy atom. The van der Waals surface area contributed by atoms with Crippen LogP contribution in [-0.2, 0) is 9.59 Å². The van der Waals surface area contributed by atoms with Gasteiger partial charge in [-0.25, -0.2) is 0 Å². The maximum Gasteiger partial charge on any atom is 0.270 e. The molecule has 3 rings (SSSR count). The van der Waals surface area contributed by atoms with Crippen LogP contribution >= 0.6 is 12.2 Å². The van der Waals surface area contributed by atoms with Crippen molar-refractivity contribution in [2.45, 2.75) is 6.92 Å². The second kappa shape index (κ2) is 7.37. The summed E-state index contributed by atoms with van der Waals surface area (Å²) in [6, 6.07) is 13.4. The molecule has 0 radical (unpaired) electrons. The average molecular weight is 368 g/mol. The quantitative estimate of drug-likeness (QED) is 0.493. The highest BCUT2D eigenvalue weighted by molar-refractivity contribution is 7.80. The third-order valence-electron chi connectivity index (χ3n) is 3.71. The summed E-state index contributed by atoms with van der Waals surface area (Å²) in [6.45, 7) is 2.17. The molecule has 7 heteroatoms. The van der Waals surface area contributed by atoms with Crippen molar-refractivity contribution in [1.82, 2.24) is 5.32 Å². The molecule has 26 heavy (non-hydrogen) atoms. The van der Waals surface area contributed by atoms with Gasteiger partial charge in [0.05, 0.1) is 12.3 Å². The van der Waals surface area contributed by atoms with E-state index in [4.69, 9.17) is 17.0 Å². The Morgan fingerprint density at radius 3 is 2.62 bits per heavy atom. The first kappa shape index (κ1) is 17.6. The van der Waals surface area contributed by atoms with Crippen molar-refractivity contribution < 1.29 is 19.4 Å². The third kappa shape index (κ3) is 3.43. The number of thiocarbonyl (C=S) groups is 1. The Morgan fingerprint density at radius 2 is 1.92 bits per heavy atom. The van der Waals surface area contributed by atoms with Crippen LogP contribution in [0, 0.1) is 0 Å². The number of anilines is 1. The van der Waals surface area contributed by atoms with Crippen LogP contribution in [0.1, 0.15) is 12.5 Å². The van der Waals surface area contributed by atoms with Gasteiger partial charge in [0.15, 0.2) is 16.6 Å². The predicted octanol–water partition coefficient (Wildman–Crippen LogP) is 2.62. The Hall–Kier alpha value is -3.19. The van der Waals surface area contributed by atoms with Crippen molar-refractivity contribution in [1.29, 1.82) is 0 Å². The Labute approximate surface area is 155 Å². The molecule has 0 spiro atoms. The smallest absolute Gasteiger partial charge is 0.270 e. The summed E-state index contributed by atoms with van der Waals surface area (Å²) < 4.78 is 5.33. The number of amides is 2. The minimum atomic E-state index is -0.571. The Bertz CT molecular complexity index is 909. The van der Waals surface area contributed by atoms with Gasteiger partial charge in [-0.1, -0.05) is 24.3 Å². The van der Waals surface area contributed by atoms with Gasteiger partial charge in [-0.3, -0.25) is 19.8 Å². The van der Waals surface area contributed by atoms with Crippen molar-refractivity contribution in [3.05, 3.63) is 59.7 Å². The monoisotopic (exact) mass is 368 g/mol. The molecule has 6 nitrogen and oxygen atoms in total. The molecule has 0 aromatic heterocycles. The molecule has 1 saturated heterocycles. The largest absolute Gasteiger partial charge is 0.504 e. The normalized spacial score (nSPS) is 16.0. The second-order valence-electron chi connectivity index (χ2n) is 5.45. The fourth-order valence-corrected chi connectivity index (χ4v) is 2.81. The highest BCUT2D eigenvalue weighted by atomic mass is 32.1. The first-order valence-corrected chi connectivity index (χ1v) is 8.34. The molecule has 0 bridgehead atoms. The minimum absolute atomic E-state index is 0.0134. The van der Waals surface area contributed by atoms with Crippen molar-refractivity contribution >= 4 is 40.9 Å². The summed E-state index contributed by atoms with van der Waals surface area (Å²) >= 11 is 5.15. The van der Waals surface area contributed by atoms with E-state index in [0.29, 0.717) is 17.9 Å². The number of phenols is 1. The first-order chi connectivity index (χ1) is 12.5. The molecule has 132 valence electrons. The number of aromatic hydroxyl groups is 1. The minimum Gasteiger partial charge on any atom is -0.504 e. The molecule has 1 aliphatic heterocycles. The van der Waals surface area contributed by atoms with Crippen molar-refractivity contribution in [2.75, 3.05) is 11.5 Å². The lowest BCUT2D eigenvalue weighted by Crippen LogP contribution is -2.54. The number of para-hydroxylation sites is 1. The molecule has 2 aromatic rings. The van der Waals surface area contributed by atoms with Gasteiger partial charge in [0, 0.05) is 0 Å². The lowest BCUT2D eigenvalue weighted by Gasteiger charge is -2.28. The van der Waals surface area contributed by atoms with Crippen LogP contribution in [0.4, 0.5) is 5.69 Å². The standard InChI is InChI=1S/C19H16N2O4S/c1-2-25-16-11-12(8-9-15(16)22)10-14-17(23)20-19(26)21(18(14)24)13-6-4-3-5-7-13/h3-11,22H,2H2,1H3,(H,20,23,26)/b14-10-. The van der Waals surface area contributed by atoms with Gasteiger partial charge in [-0.05, 0) is 55.0 Å². The highest BCUT2D eigenvalue weighted by Crippen LogP contribution is 2.28. The van der Waals surface area contributed by atoms with Crippen LogP contribution in [0.3, 0.4) is 0 Å². The summed E-state index contributed by atoms with van der Waals surface area (Å²) in [5.74, 6) is -0.823. The molecule has 1 heterocycles. The molecule has 0 unspecified atom stereocenters. The van der Waals surface area contributed by atoms with E-state index < -0.39 is 11.8 Å². The zero-order valence-electron chi connectivity index (χ0n) is 13.9. The molecule has 2 amide bonds. The van der Waals surface area contributed by atoms with Crippen molar-refractivity contribution in [3.63, 3.8) is 0 Å². The Kier molecular flexibility index (Phi) is 4.99. The van der Waals surface area contributed by atoms with Crippen molar-refractivity contribution in [3.8, 4) is 11.5 Å². The summed E-state index contributed by atoms with van der Waals surface area (Å²) in [5, 5.41) is 12.3. The van der Waals surface area contributed by atoms with E-state index in [1.165, 1.54) is 17.0 Å². The topological polar surface area (TPSA) is 78.9 Å². The molecule has 1 fully saturated rings. The number of phenolic OH excluding ortho intramolecular Hbond substituents is 1. The van der Waals surface area contributed by atoms with Gasteiger partial charge in [0.1, 0.15) is 5.57 Å². The van der Waals surface area contributed by atoms with E-state index >= 15 is 0 Å². The summed E-state index contributed by atoms with van der Waals surface area (Å²) in [5.41, 5.74) is 1.05. The van der Waals surface area contributed by atoms with E-state index in [2.05, 4.69) is 5.32 Å². The van der Waals surface area contributed by atoms with Gasteiger partial charge in [-0.15, -0.1) is 0 Å². The molecular formula is C19H16N2O4S. The van der Waals surface area contributed by atoms with E-state index in [-0.39, 0.29) is 22.2 Å². The number of carbonyl (C=O) groups is 2. The number of benzene rings is 2. The van der Waals surface area contributed by atoms with Crippen LogP contribution in [0.2, 0.25) is 0 Å². The average Bonchev–Trinajstić information content (AvgIpc) is 2.62. The number of nitrogens with one attached hydrogen (secondary N) is 1. The number of rotatable bonds is 4. The molecule has 0 saturated carbocycles. The number of hydrogen-bond acceptors (Lipinski definition) is 5. The number of nitrogens with zero attached hydrogens (tertiary/aromatic N) is 1. The van der Waals surface area contributed by atoms with Gasteiger partial charge in [-0.2, -0.15) is 0 Å². The molecule has 0 atom stereocenters. The number of carbonyl (C=O) groups excluding carboxylic acids is 2. The maximum absolute atomic E-state index is 12.9. The molecule has 0 aliphatic carbocycles. The van der Waals surface area contributed by atoms with Crippen molar-refractivity contribution in [2.24, 2.45) is 0 Å². The fraction of sp³-hybridized carbons (Fsp3) is 0.105. The van der Waals surface area contributed by atoms with Gasteiger partial charge in [0.25, 0.3) is 11.8 Å². The number of hydrogen-bond donors (Lipinski definition) is 2. The Balaban J connectivity index is 1.99. The summed E-state index contributed by atoms with van der Waals surface area (Å²) in [7, 11) is 0. The molecule has 1 aliphatic rings. The van der Waals surface area contributed by atoms with Gasteiger partial charge in [0.2, 0.25) is 0 Å². The number of ether oxygens (including phenoxy) is 1. The van der Waals surface area contributed by atoms with Crippen LogP contribution < -0.4 is 15.0 Å². The summed E-state index contributed by atoms with van der Waals surface area (Å²) in [6.07, 6.45) is 1.44. The zero-order valence-corrected chi connectivity index (χ0v) is 14.7.